The molecule has 0 unspecified atom stereocenters. The number of aromatic nitrogens is 8. The van der Waals surface area contributed by atoms with Gasteiger partial charge in [-0.25, -0.2) is 0 Å². The Morgan fingerprint density at radius 1 is 0.521 bits per heavy atom. The highest BCUT2D eigenvalue weighted by Gasteiger charge is 2.28. The second-order valence-corrected chi connectivity index (χ2v) is 12.5. The molecule has 0 saturated heterocycles. The molecule has 8 rings (SSSR count). The van der Waals surface area contributed by atoms with Gasteiger partial charge in [0.05, 0.1) is 24.4 Å². The van der Waals surface area contributed by atoms with Crippen molar-refractivity contribution in [3.05, 3.63) is 132 Å². The predicted molar refractivity (Wildman–Crippen MR) is 185 cm³/mol. The van der Waals surface area contributed by atoms with E-state index in [1.807, 2.05) is 132 Å². The van der Waals surface area contributed by atoms with Crippen LogP contribution in [0, 0.1) is 0 Å². The van der Waals surface area contributed by atoms with Crippen molar-refractivity contribution < 1.29 is 19.1 Å². The fourth-order valence-electron chi connectivity index (χ4n) is 5.39. The molecule has 234 valence electrons. The average molecular weight is 669 g/mol. The van der Waals surface area contributed by atoms with E-state index in [-0.39, 0.29) is 0 Å². The first kappa shape index (κ1) is 29.4. The number of para-hydroxylation sites is 2. The van der Waals surface area contributed by atoms with Gasteiger partial charge in [0, 0.05) is 9.59 Å². The molecule has 0 fully saturated rings. The number of hydrogen-bond donors (Lipinski definition) is 0. The summed E-state index contributed by atoms with van der Waals surface area (Å²) in [7, 11) is 3.32. The number of hydrogen-bond acceptors (Lipinski definition) is 8. The molecular formula is C36H28N8O2S2+2. The second kappa shape index (κ2) is 12.7. The number of methoxy groups -OCH3 is 2. The van der Waals surface area contributed by atoms with Crippen LogP contribution in [0.25, 0.3) is 55.3 Å². The molecular weight excluding hydrogens is 641 g/mol. The summed E-state index contributed by atoms with van der Waals surface area (Å²) in [4.78, 5) is 9.07. The van der Waals surface area contributed by atoms with Crippen LogP contribution in [0.15, 0.2) is 132 Å². The maximum absolute atomic E-state index is 5.95. The summed E-state index contributed by atoms with van der Waals surface area (Å²) >= 11 is 3.19. The fourth-order valence-corrected chi connectivity index (χ4v) is 6.69. The molecule has 0 N–H and O–H groups in total. The number of benzene rings is 4. The van der Waals surface area contributed by atoms with Gasteiger partial charge in [-0.15, -0.1) is 22.7 Å². The SMILES string of the molecule is COc1cc(-c2ccc(-[n+]3nc(-c4cccs4)nn3-c3ccccc3)c(OC)c2)ccc1-[n+]1nc(-c2cccs2)nn1-c1ccccc1. The highest BCUT2D eigenvalue weighted by Crippen LogP contribution is 2.32. The highest BCUT2D eigenvalue weighted by atomic mass is 32.1. The largest absolute Gasteiger partial charge is 0.492 e. The smallest absolute Gasteiger partial charge is 0.349 e. The van der Waals surface area contributed by atoms with Crippen molar-refractivity contribution >= 4 is 22.7 Å². The van der Waals surface area contributed by atoms with Gasteiger partial charge in [-0.3, -0.25) is 0 Å². The third kappa shape index (κ3) is 5.42. The molecule has 0 aliphatic rings. The second-order valence-electron chi connectivity index (χ2n) is 10.6. The topological polar surface area (TPSA) is 87.6 Å². The lowest BCUT2D eigenvalue weighted by atomic mass is 10.0. The molecule has 8 aromatic rings. The minimum absolute atomic E-state index is 0.628. The van der Waals surface area contributed by atoms with Gasteiger partial charge in [-0.05, 0) is 114 Å². The molecule has 10 nitrogen and oxygen atoms in total. The van der Waals surface area contributed by atoms with E-state index < -0.39 is 0 Å². The highest BCUT2D eigenvalue weighted by molar-refractivity contribution is 7.13. The van der Waals surface area contributed by atoms with Crippen LogP contribution in [0.4, 0.5) is 0 Å². The molecule has 0 bridgehead atoms. The van der Waals surface area contributed by atoms with Crippen LogP contribution in [0.1, 0.15) is 0 Å². The summed E-state index contributed by atoms with van der Waals surface area (Å²) in [6.45, 7) is 0. The van der Waals surface area contributed by atoms with Crippen LogP contribution in [-0.2, 0) is 0 Å². The van der Waals surface area contributed by atoms with Crippen molar-refractivity contribution in [2.45, 2.75) is 0 Å². The molecule has 12 heteroatoms. The van der Waals surface area contributed by atoms with E-state index in [9.17, 15) is 0 Å². The van der Waals surface area contributed by atoms with E-state index in [1.54, 1.807) is 56.1 Å². The minimum atomic E-state index is 0.628. The summed E-state index contributed by atoms with van der Waals surface area (Å²) < 4.78 is 11.9. The Morgan fingerprint density at radius 3 is 1.33 bits per heavy atom. The van der Waals surface area contributed by atoms with Crippen molar-refractivity contribution in [3.63, 3.8) is 0 Å². The lowest BCUT2D eigenvalue weighted by molar-refractivity contribution is -0.734. The monoisotopic (exact) mass is 668 g/mol. The Labute approximate surface area is 283 Å². The van der Waals surface area contributed by atoms with Crippen molar-refractivity contribution in [1.29, 1.82) is 0 Å². The summed E-state index contributed by atoms with van der Waals surface area (Å²) in [5, 5.41) is 23.5. The van der Waals surface area contributed by atoms with E-state index >= 15 is 0 Å². The summed E-state index contributed by atoms with van der Waals surface area (Å²) in [6, 6.07) is 40.0. The van der Waals surface area contributed by atoms with E-state index in [2.05, 4.69) is 0 Å². The third-order valence-corrected chi connectivity index (χ3v) is 9.43. The molecule has 0 aliphatic heterocycles. The quantitative estimate of drug-likeness (QED) is 0.162. The molecule has 0 saturated carbocycles. The molecule has 4 aromatic heterocycles. The van der Waals surface area contributed by atoms with Gasteiger partial charge in [-0.1, -0.05) is 48.5 Å². The third-order valence-electron chi connectivity index (χ3n) is 7.70. The van der Waals surface area contributed by atoms with Gasteiger partial charge in [0.25, 0.3) is 0 Å². The van der Waals surface area contributed by atoms with Gasteiger partial charge in [0.2, 0.25) is 11.4 Å². The number of rotatable bonds is 9. The normalized spacial score (nSPS) is 11.1. The van der Waals surface area contributed by atoms with Crippen molar-refractivity contribution in [1.82, 2.24) is 30.0 Å². The van der Waals surface area contributed by atoms with Gasteiger partial charge in [-0.2, -0.15) is 0 Å². The summed E-state index contributed by atoms with van der Waals surface area (Å²) in [5.41, 5.74) is 5.14. The Bertz CT molecular complexity index is 2150. The minimum Gasteiger partial charge on any atom is -0.492 e. The van der Waals surface area contributed by atoms with Crippen LogP contribution in [0.5, 0.6) is 11.5 Å². The molecule has 0 spiro atoms. The Morgan fingerprint density at radius 2 is 0.958 bits per heavy atom. The maximum Gasteiger partial charge on any atom is 0.349 e. The molecule has 0 amide bonds. The maximum atomic E-state index is 5.95. The Hall–Kier alpha value is -5.98. The molecule has 48 heavy (non-hydrogen) atoms. The van der Waals surface area contributed by atoms with Crippen LogP contribution in [-0.4, -0.2) is 44.2 Å². The predicted octanol–water partition coefficient (Wildman–Crippen LogP) is 6.54. The van der Waals surface area contributed by atoms with Crippen LogP contribution < -0.4 is 19.1 Å². The van der Waals surface area contributed by atoms with Crippen LogP contribution >= 0.6 is 22.7 Å². The summed E-state index contributed by atoms with van der Waals surface area (Å²) in [6.07, 6.45) is 0. The van der Waals surface area contributed by atoms with E-state index in [1.165, 1.54) is 0 Å². The van der Waals surface area contributed by atoms with Gasteiger partial charge in [0.1, 0.15) is 21.1 Å². The first-order valence-electron chi connectivity index (χ1n) is 15.1. The number of thiophene rings is 2. The lowest BCUT2D eigenvalue weighted by Gasteiger charge is -2.11. The molecule has 4 heterocycles. The van der Waals surface area contributed by atoms with Crippen LogP contribution in [0.2, 0.25) is 0 Å². The van der Waals surface area contributed by atoms with Crippen molar-refractivity contribution in [3.8, 4) is 66.8 Å². The number of nitrogens with zero attached hydrogens (tertiary/aromatic N) is 8. The van der Waals surface area contributed by atoms with E-state index in [0.717, 1.165) is 43.6 Å². The molecule has 0 aliphatic carbocycles. The zero-order valence-electron chi connectivity index (χ0n) is 25.9. The number of ether oxygens (including phenoxy) is 2. The summed E-state index contributed by atoms with van der Waals surface area (Å²) in [5.74, 6) is 2.54. The van der Waals surface area contributed by atoms with Crippen LogP contribution in [0.3, 0.4) is 0 Å². The zero-order valence-corrected chi connectivity index (χ0v) is 27.5. The van der Waals surface area contributed by atoms with Gasteiger partial charge >= 0.3 is 11.6 Å². The van der Waals surface area contributed by atoms with Gasteiger partial charge in [0.15, 0.2) is 11.5 Å². The average Bonchev–Trinajstić information content (AvgIpc) is 3.99. The van der Waals surface area contributed by atoms with E-state index in [0.29, 0.717) is 23.1 Å². The van der Waals surface area contributed by atoms with Gasteiger partial charge < -0.3 is 9.47 Å². The zero-order chi connectivity index (χ0) is 32.5. The first-order chi connectivity index (χ1) is 23.7. The number of tetrazole rings is 2. The lowest BCUT2D eigenvalue weighted by Crippen LogP contribution is -2.43. The Kier molecular flexibility index (Phi) is 7.76. The Balaban J connectivity index is 1.20. The molecule has 4 aromatic carbocycles. The van der Waals surface area contributed by atoms with Crippen molar-refractivity contribution in [2.75, 3.05) is 14.2 Å². The first-order valence-corrected chi connectivity index (χ1v) is 16.8. The van der Waals surface area contributed by atoms with Crippen molar-refractivity contribution in [2.24, 2.45) is 0 Å². The standard InChI is InChI=1S/C36H28N8O2S2/c1-45-31-23-25(17-19-29(31)43-39-35(33-15-9-21-47-33)37-41(43)27-11-5-3-6-12-27)26-18-20-30(32(24-26)46-2)44-40-36(34-16-10-22-48-34)38-42(44)28-13-7-4-8-14-28/h3-24H,1-2H3/q+2. The fraction of sp³-hybridized carbons (Fsp3) is 0.0556. The van der Waals surface area contributed by atoms with E-state index in [4.69, 9.17) is 29.9 Å². The molecule has 0 atom stereocenters. The molecule has 0 radical (unpaired) electrons.